The number of aromatic nitrogens is 1. The normalized spacial score (nSPS) is 19.2. The summed E-state index contributed by atoms with van der Waals surface area (Å²) in [5.41, 5.74) is 15.3. The maximum absolute atomic E-state index is 4.18. The minimum atomic E-state index is 0.0861. The lowest BCUT2D eigenvalue weighted by molar-refractivity contribution is 0.442. The van der Waals surface area contributed by atoms with Crippen LogP contribution in [0.1, 0.15) is 97.0 Å². The van der Waals surface area contributed by atoms with E-state index in [9.17, 15) is 0 Å². The fourth-order valence-electron chi connectivity index (χ4n) is 9.13. The highest BCUT2D eigenvalue weighted by Crippen LogP contribution is 2.50. The van der Waals surface area contributed by atoms with Gasteiger partial charge < -0.3 is 9.47 Å². The van der Waals surface area contributed by atoms with Gasteiger partial charge in [0, 0.05) is 33.6 Å². The summed E-state index contributed by atoms with van der Waals surface area (Å²) >= 11 is 0. The Balaban J connectivity index is 1.39. The van der Waals surface area contributed by atoms with Crippen molar-refractivity contribution >= 4 is 44.7 Å². The van der Waals surface area contributed by atoms with Crippen molar-refractivity contribution in [1.29, 1.82) is 0 Å². The van der Waals surface area contributed by atoms with Crippen LogP contribution in [0, 0.1) is 11.8 Å². The van der Waals surface area contributed by atoms with Gasteiger partial charge in [-0.3, -0.25) is 0 Å². The van der Waals surface area contributed by atoms with Crippen molar-refractivity contribution in [3.63, 3.8) is 0 Å². The van der Waals surface area contributed by atoms with Crippen molar-refractivity contribution in [3.8, 4) is 11.1 Å². The highest BCUT2D eigenvalue weighted by atomic mass is 15.1. The highest BCUT2D eigenvalue weighted by molar-refractivity contribution is 6.06. The monoisotopic (exact) mass is 748 g/mol. The second-order valence-corrected chi connectivity index (χ2v) is 16.5. The third kappa shape index (κ3) is 7.39. The Bertz CT molecular complexity index is 2530. The van der Waals surface area contributed by atoms with Gasteiger partial charge in [0.05, 0.1) is 11.2 Å². The van der Waals surface area contributed by atoms with Gasteiger partial charge in [-0.25, -0.2) is 0 Å². The van der Waals surface area contributed by atoms with Gasteiger partial charge in [0.15, 0.2) is 0 Å². The van der Waals surface area contributed by atoms with Crippen molar-refractivity contribution in [3.05, 3.63) is 180 Å². The van der Waals surface area contributed by atoms with Crippen LogP contribution in [0.2, 0.25) is 0 Å². The lowest BCUT2D eigenvalue weighted by Crippen LogP contribution is -2.21. The van der Waals surface area contributed by atoms with E-state index in [4.69, 9.17) is 0 Å². The molecule has 2 nitrogen and oxygen atoms in total. The van der Waals surface area contributed by atoms with Gasteiger partial charge in [0.2, 0.25) is 0 Å². The lowest BCUT2D eigenvalue weighted by atomic mass is 9.78. The first kappa shape index (κ1) is 39.6. The Kier molecular flexibility index (Phi) is 11.7. The third-order valence-electron chi connectivity index (χ3n) is 12.4. The molecule has 0 bridgehead atoms. The van der Waals surface area contributed by atoms with E-state index < -0.39 is 0 Å². The van der Waals surface area contributed by atoms with Gasteiger partial charge in [-0.1, -0.05) is 138 Å². The molecular formula is C55H60N2. The summed E-state index contributed by atoms with van der Waals surface area (Å²) in [6.45, 7) is 22.4. The quantitative estimate of drug-likeness (QED) is 0.0965. The zero-order valence-electron chi connectivity index (χ0n) is 35.4. The molecule has 7 rings (SSSR count). The third-order valence-corrected chi connectivity index (χ3v) is 12.4. The maximum Gasteiger partial charge on any atom is 0.0538 e. The molecule has 0 aliphatic heterocycles. The van der Waals surface area contributed by atoms with Crippen LogP contribution in [0.15, 0.2) is 158 Å². The van der Waals surface area contributed by atoms with E-state index in [1.165, 1.54) is 83.5 Å². The van der Waals surface area contributed by atoms with Crippen LogP contribution in [0.25, 0.3) is 50.1 Å². The van der Waals surface area contributed by atoms with E-state index in [1.807, 2.05) is 6.08 Å². The molecule has 2 unspecified atom stereocenters. The summed E-state index contributed by atoms with van der Waals surface area (Å²) in [6.07, 6.45) is 28.9. The molecule has 5 aromatic rings. The predicted octanol–water partition coefficient (Wildman–Crippen LogP) is 15.6. The molecule has 2 aliphatic rings. The molecule has 2 atom stereocenters. The van der Waals surface area contributed by atoms with Crippen molar-refractivity contribution in [2.24, 2.45) is 11.8 Å². The van der Waals surface area contributed by atoms with E-state index in [2.05, 4.69) is 211 Å². The van der Waals surface area contributed by atoms with Crippen LogP contribution >= 0.6 is 0 Å². The van der Waals surface area contributed by atoms with Crippen molar-refractivity contribution in [2.75, 3.05) is 4.90 Å². The van der Waals surface area contributed by atoms with Crippen LogP contribution in [-0.2, 0) is 11.8 Å². The molecule has 1 aromatic heterocycles. The number of rotatable bonds is 11. The number of hydrogen-bond acceptors (Lipinski definition) is 1. The molecule has 4 aromatic carbocycles. The molecule has 2 aliphatic carbocycles. The molecular weight excluding hydrogens is 689 g/mol. The average molecular weight is 749 g/mol. The van der Waals surface area contributed by atoms with E-state index in [0.29, 0.717) is 11.8 Å². The Labute approximate surface area is 342 Å². The zero-order chi connectivity index (χ0) is 40.3. The van der Waals surface area contributed by atoms with E-state index in [-0.39, 0.29) is 5.41 Å². The van der Waals surface area contributed by atoms with Gasteiger partial charge in [-0.2, -0.15) is 0 Å². The molecule has 57 heavy (non-hydrogen) atoms. The first-order valence-corrected chi connectivity index (χ1v) is 21.1. The second kappa shape index (κ2) is 16.9. The topological polar surface area (TPSA) is 8.17 Å². The molecule has 0 spiro atoms. The smallest absolute Gasteiger partial charge is 0.0538 e. The van der Waals surface area contributed by atoms with Crippen molar-refractivity contribution in [1.82, 2.24) is 4.57 Å². The van der Waals surface area contributed by atoms with Crippen LogP contribution < -0.4 is 4.90 Å². The predicted molar refractivity (Wildman–Crippen MR) is 251 cm³/mol. The molecule has 0 radical (unpaired) electrons. The summed E-state index contributed by atoms with van der Waals surface area (Å²) < 4.78 is 2.46. The lowest BCUT2D eigenvalue weighted by Gasteiger charge is -2.29. The first-order chi connectivity index (χ1) is 27.6. The summed E-state index contributed by atoms with van der Waals surface area (Å²) in [5, 5.41) is 3.74. The Morgan fingerprint density at radius 3 is 2.42 bits per heavy atom. The summed E-state index contributed by atoms with van der Waals surface area (Å²) in [7, 11) is 0. The molecule has 0 amide bonds. The number of allylic oxidation sites excluding steroid dienone is 13. The van der Waals surface area contributed by atoms with Gasteiger partial charge in [-0.15, -0.1) is 6.58 Å². The largest absolute Gasteiger partial charge is 0.314 e. The number of benzene rings is 4. The minimum absolute atomic E-state index is 0.0861. The SMILES string of the molecule is C=CCc1c(/C=C\C)n(C2=CCC(C)CC=C2)c2ccc(-c3ccc(N(/C(C)=C/C=C4/c5ccccc5C(C)(C)C4C)C(/C=C\C)=C/CC)c4ccccc34)cc12. The highest BCUT2D eigenvalue weighted by Gasteiger charge is 2.39. The molecule has 0 saturated heterocycles. The molecule has 2 heteroatoms. The van der Waals surface area contributed by atoms with Crippen LogP contribution in [-0.4, -0.2) is 4.57 Å². The van der Waals surface area contributed by atoms with E-state index in [0.717, 1.165) is 25.7 Å². The fraction of sp³-hybridized carbons (Fsp3) is 0.273. The maximum atomic E-state index is 4.18. The average Bonchev–Trinajstić information content (AvgIpc) is 3.47. The molecule has 0 N–H and O–H groups in total. The number of nitrogens with zero attached hydrogens (tertiary/aromatic N) is 2. The Morgan fingerprint density at radius 1 is 0.895 bits per heavy atom. The van der Waals surface area contributed by atoms with Crippen LogP contribution in [0.4, 0.5) is 5.69 Å². The molecule has 1 heterocycles. The summed E-state index contributed by atoms with van der Waals surface area (Å²) in [4.78, 5) is 2.45. The summed E-state index contributed by atoms with van der Waals surface area (Å²) in [5.74, 6) is 1.05. The first-order valence-electron chi connectivity index (χ1n) is 21.1. The second-order valence-electron chi connectivity index (χ2n) is 16.5. The molecule has 0 saturated carbocycles. The number of hydrogen-bond donors (Lipinski definition) is 0. The molecule has 0 fully saturated rings. The van der Waals surface area contributed by atoms with Gasteiger partial charge in [0.25, 0.3) is 0 Å². The number of anilines is 1. The number of fused-ring (bicyclic) bond motifs is 3. The van der Waals surface area contributed by atoms with Gasteiger partial charge in [0.1, 0.15) is 0 Å². The van der Waals surface area contributed by atoms with E-state index in [1.54, 1.807) is 0 Å². The van der Waals surface area contributed by atoms with Gasteiger partial charge >= 0.3 is 0 Å². The molecule has 290 valence electrons. The van der Waals surface area contributed by atoms with E-state index >= 15 is 0 Å². The summed E-state index contributed by atoms with van der Waals surface area (Å²) in [6, 6.07) is 29.6. The minimum Gasteiger partial charge on any atom is -0.314 e. The Morgan fingerprint density at radius 2 is 1.67 bits per heavy atom. The zero-order valence-corrected chi connectivity index (χ0v) is 35.4. The van der Waals surface area contributed by atoms with Crippen LogP contribution in [0.5, 0.6) is 0 Å². The standard InChI is InChI=1S/C55H60N2/c1-10-19-42(20-11-2)56(39(6)30-33-44-40(7)55(8,9)51-28-17-16-26-47(44)51)53-36-34-45(46-25-14-15-27-49(46)53)41-31-35-54-50(37-41)48(21-12-3)52(22-13-4)57(54)43-24-18-23-38(5)29-32-43/h10,12-20,22,24-28,30-38,40H,3,11,21,23,29H2,1-2,4-9H3/b19-10-,22-13-,39-30+,42-20+,44-33+. The van der Waals surface area contributed by atoms with Crippen LogP contribution in [0.3, 0.4) is 0 Å². The fourth-order valence-corrected chi connectivity index (χ4v) is 9.13. The van der Waals surface area contributed by atoms with Crippen molar-refractivity contribution < 1.29 is 0 Å². The van der Waals surface area contributed by atoms with Crippen molar-refractivity contribution in [2.45, 2.75) is 86.5 Å². The Hall–Kier alpha value is -5.60. The van der Waals surface area contributed by atoms with Gasteiger partial charge in [-0.05, 0) is 145 Å².